The summed E-state index contributed by atoms with van der Waals surface area (Å²) >= 11 is 6.47. The minimum atomic E-state index is 0.0688. The molecule has 1 unspecified atom stereocenters. The van der Waals surface area contributed by atoms with E-state index in [1.807, 2.05) is 18.2 Å². The first kappa shape index (κ1) is 21.0. The molecule has 2 aliphatic heterocycles. The predicted octanol–water partition coefficient (Wildman–Crippen LogP) is 4.51. The molecule has 1 atom stereocenters. The van der Waals surface area contributed by atoms with Crippen molar-refractivity contribution in [1.82, 2.24) is 14.9 Å². The molecule has 2 fully saturated rings. The number of nitrogens with one attached hydrogen (secondary N) is 1. The molecule has 0 saturated carbocycles. The zero-order chi connectivity index (χ0) is 21.9. The number of benzene rings is 2. The number of nitrogens with zero attached hydrogens (tertiary/aromatic N) is 5. The van der Waals surface area contributed by atoms with Crippen molar-refractivity contribution in [2.24, 2.45) is 0 Å². The monoisotopic (exact) mass is 450 g/mol. The van der Waals surface area contributed by atoms with E-state index in [9.17, 15) is 0 Å². The van der Waals surface area contributed by atoms with Gasteiger partial charge in [0.1, 0.15) is 5.02 Å². The summed E-state index contributed by atoms with van der Waals surface area (Å²) in [5.41, 5.74) is 3.34. The summed E-state index contributed by atoms with van der Waals surface area (Å²) < 4.78 is 0. The number of anilines is 4. The second kappa shape index (κ2) is 9.32. The van der Waals surface area contributed by atoms with Crippen LogP contribution in [-0.4, -0.2) is 54.7 Å². The molecule has 8 heteroatoms. The largest absolute Gasteiger partial charge is 0.369 e. The average molecular weight is 451 g/mol. The lowest BCUT2D eigenvalue weighted by molar-refractivity contribution is 0.157. The van der Waals surface area contributed by atoms with Crippen molar-refractivity contribution in [3.63, 3.8) is 0 Å². The molecule has 0 amide bonds. The molecular formula is C24H27ClN6O. The summed E-state index contributed by atoms with van der Waals surface area (Å²) in [6.45, 7) is 4.89. The molecule has 0 spiro atoms. The minimum Gasteiger partial charge on any atom is -0.369 e. The summed E-state index contributed by atoms with van der Waals surface area (Å²) in [4.78, 5) is 19.7. The Kier molecular flexibility index (Phi) is 6.12. The van der Waals surface area contributed by atoms with E-state index in [4.69, 9.17) is 16.4 Å². The van der Waals surface area contributed by atoms with Crippen LogP contribution >= 0.6 is 11.6 Å². The average Bonchev–Trinajstić information content (AvgIpc) is 3.32. The van der Waals surface area contributed by atoms with Gasteiger partial charge in [-0.15, -0.1) is 0 Å². The van der Waals surface area contributed by atoms with Crippen molar-refractivity contribution in [3.8, 4) is 0 Å². The van der Waals surface area contributed by atoms with E-state index >= 15 is 0 Å². The highest BCUT2D eigenvalue weighted by Gasteiger charge is 2.30. The Morgan fingerprint density at radius 2 is 1.75 bits per heavy atom. The molecule has 1 N–H and O–H groups in total. The first-order chi connectivity index (χ1) is 15.7. The normalized spacial score (nSPS) is 19.4. The van der Waals surface area contributed by atoms with Crippen molar-refractivity contribution in [2.45, 2.75) is 12.5 Å². The molecule has 32 heavy (non-hydrogen) atoms. The van der Waals surface area contributed by atoms with Crippen LogP contribution in [0.25, 0.3) is 0 Å². The maximum atomic E-state index is 6.47. The Labute approximate surface area is 193 Å². The molecule has 2 aromatic carbocycles. The number of hydrogen-bond donors (Lipinski definition) is 1. The SMILES string of the molecule is CN1CCN(c2ccc(Nc3ncc(Cl)c(N4OCCC4c4ccccc4)n3)cc2)CC1. The molecular weight excluding hydrogens is 424 g/mol. The molecule has 5 rings (SSSR count). The lowest BCUT2D eigenvalue weighted by Gasteiger charge is -2.34. The van der Waals surface area contributed by atoms with Crippen molar-refractivity contribution >= 4 is 34.7 Å². The zero-order valence-corrected chi connectivity index (χ0v) is 18.9. The number of aromatic nitrogens is 2. The number of piperazine rings is 1. The van der Waals surface area contributed by atoms with Gasteiger partial charge >= 0.3 is 0 Å². The lowest BCUT2D eigenvalue weighted by atomic mass is 10.0. The molecule has 3 heterocycles. The van der Waals surface area contributed by atoms with Gasteiger partial charge in [0.25, 0.3) is 0 Å². The smallest absolute Gasteiger partial charge is 0.229 e. The van der Waals surface area contributed by atoms with Gasteiger partial charge in [-0.25, -0.2) is 10.0 Å². The molecule has 0 bridgehead atoms. The minimum absolute atomic E-state index is 0.0688. The Morgan fingerprint density at radius 1 is 1.00 bits per heavy atom. The maximum Gasteiger partial charge on any atom is 0.229 e. The van der Waals surface area contributed by atoms with Gasteiger partial charge in [0.15, 0.2) is 5.82 Å². The fraction of sp³-hybridized carbons (Fsp3) is 0.333. The van der Waals surface area contributed by atoms with Gasteiger partial charge in [-0.05, 0) is 36.9 Å². The third-order valence-corrected chi connectivity index (χ3v) is 6.28. The number of hydrogen-bond acceptors (Lipinski definition) is 7. The highest BCUT2D eigenvalue weighted by molar-refractivity contribution is 6.32. The molecule has 2 saturated heterocycles. The van der Waals surface area contributed by atoms with Crippen LogP contribution < -0.4 is 15.3 Å². The van der Waals surface area contributed by atoms with E-state index in [-0.39, 0.29) is 6.04 Å². The molecule has 1 aromatic heterocycles. The van der Waals surface area contributed by atoms with Gasteiger partial charge in [-0.1, -0.05) is 41.9 Å². The fourth-order valence-corrected chi connectivity index (χ4v) is 4.35. The van der Waals surface area contributed by atoms with Crippen LogP contribution in [0.2, 0.25) is 5.02 Å². The van der Waals surface area contributed by atoms with Crippen molar-refractivity contribution in [1.29, 1.82) is 0 Å². The first-order valence-electron chi connectivity index (χ1n) is 11.0. The molecule has 7 nitrogen and oxygen atoms in total. The zero-order valence-electron chi connectivity index (χ0n) is 18.1. The Bertz CT molecular complexity index is 1040. The number of rotatable bonds is 5. The summed E-state index contributed by atoms with van der Waals surface area (Å²) in [5.74, 6) is 1.06. The first-order valence-corrected chi connectivity index (χ1v) is 11.4. The third kappa shape index (κ3) is 4.50. The second-order valence-electron chi connectivity index (χ2n) is 8.20. The van der Waals surface area contributed by atoms with Crippen LogP contribution in [-0.2, 0) is 4.84 Å². The van der Waals surface area contributed by atoms with Gasteiger partial charge in [0.2, 0.25) is 5.95 Å². The number of likely N-dealkylation sites (N-methyl/N-ethyl adjacent to an activating group) is 1. The van der Waals surface area contributed by atoms with E-state index in [0.717, 1.165) is 38.3 Å². The van der Waals surface area contributed by atoms with Crippen LogP contribution in [0.15, 0.2) is 60.8 Å². The molecule has 0 aliphatic carbocycles. The van der Waals surface area contributed by atoms with Crippen LogP contribution in [0.4, 0.5) is 23.1 Å². The van der Waals surface area contributed by atoms with Crippen LogP contribution in [0.3, 0.4) is 0 Å². The predicted molar refractivity (Wildman–Crippen MR) is 129 cm³/mol. The second-order valence-corrected chi connectivity index (χ2v) is 8.61. The van der Waals surface area contributed by atoms with Crippen LogP contribution in [0, 0.1) is 0 Å². The van der Waals surface area contributed by atoms with Crippen molar-refractivity contribution in [2.75, 3.05) is 55.1 Å². The van der Waals surface area contributed by atoms with Gasteiger partial charge in [0.05, 0.1) is 18.8 Å². The van der Waals surface area contributed by atoms with E-state index in [1.165, 1.54) is 11.3 Å². The summed E-state index contributed by atoms with van der Waals surface area (Å²) in [6.07, 6.45) is 2.50. The molecule has 0 radical (unpaired) electrons. The molecule has 3 aromatic rings. The fourth-order valence-electron chi connectivity index (χ4n) is 4.18. The van der Waals surface area contributed by atoms with Crippen LogP contribution in [0.1, 0.15) is 18.0 Å². The quantitative estimate of drug-likeness (QED) is 0.613. The Balaban J connectivity index is 1.32. The summed E-state index contributed by atoms with van der Waals surface area (Å²) in [7, 11) is 2.17. The van der Waals surface area contributed by atoms with E-state index < -0.39 is 0 Å². The molecule has 2 aliphatic rings. The molecule has 166 valence electrons. The summed E-state index contributed by atoms with van der Waals surface area (Å²) in [5, 5.41) is 5.57. The van der Waals surface area contributed by atoms with Gasteiger partial charge in [-0.3, -0.25) is 4.84 Å². The highest BCUT2D eigenvalue weighted by Crippen LogP contribution is 2.37. The van der Waals surface area contributed by atoms with E-state index in [2.05, 4.69) is 68.5 Å². The van der Waals surface area contributed by atoms with Gasteiger partial charge in [-0.2, -0.15) is 4.98 Å². The highest BCUT2D eigenvalue weighted by atomic mass is 35.5. The van der Waals surface area contributed by atoms with Gasteiger partial charge < -0.3 is 15.1 Å². The van der Waals surface area contributed by atoms with Crippen molar-refractivity contribution in [3.05, 3.63) is 71.4 Å². The van der Waals surface area contributed by atoms with Crippen molar-refractivity contribution < 1.29 is 4.84 Å². The number of hydroxylamine groups is 1. The maximum absolute atomic E-state index is 6.47. The van der Waals surface area contributed by atoms with Gasteiger partial charge in [0, 0.05) is 44.0 Å². The Hall–Kier alpha value is -2.87. The summed E-state index contributed by atoms with van der Waals surface area (Å²) in [6, 6.07) is 18.7. The Morgan fingerprint density at radius 3 is 2.50 bits per heavy atom. The standard InChI is InChI=1S/C24H27ClN6O/c1-29-12-14-30(15-13-29)20-9-7-19(8-10-20)27-24-26-17-21(25)23(28-24)31-22(11-16-32-31)18-5-3-2-4-6-18/h2-10,17,22H,11-16H2,1H3,(H,26,27,28). The van der Waals surface area contributed by atoms with Crippen LogP contribution in [0.5, 0.6) is 0 Å². The number of halogens is 1. The third-order valence-electron chi connectivity index (χ3n) is 6.02. The topological polar surface area (TPSA) is 56.8 Å². The van der Waals surface area contributed by atoms with E-state index in [1.54, 1.807) is 11.3 Å². The van der Waals surface area contributed by atoms with E-state index in [0.29, 0.717) is 23.4 Å². The lowest BCUT2D eigenvalue weighted by Crippen LogP contribution is -2.44.